The Morgan fingerprint density at radius 2 is 2.05 bits per heavy atom. The molecule has 0 N–H and O–H groups in total. The number of imidazole rings is 1. The van der Waals surface area contributed by atoms with E-state index in [1.165, 1.54) is 12.8 Å². The predicted molar refractivity (Wildman–Crippen MR) is 80.5 cm³/mol. The molecular weight excluding hydrogens is 258 g/mol. The van der Waals surface area contributed by atoms with Gasteiger partial charge in [-0.3, -0.25) is 4.98 Å². The van der Waals surface area contributed by atoms with Crippen molar-refractivity contribution >= 4 is 22.6 Å². The maximum atomic E-state index is 6.03. The van der Waals surface area contributed by atoms with Crippen molar-refractivity contribution in [2.45, 2.75) is 52.0 Å². The summed E-state index contributed by atoms with van der Waals surface area (Å²) in [5.74, 6) is 2.16. The second-order valence-electron chi connectivity index (χ2n) is 5.57. The fourth-order valence-corrected chi connectivity index (χ4v) is 2.73. The first-order valence-corrected chi connectivity index (χ1v) is 7.53. The molecule has 1 unspecified atom stereocenters. The Hall–Kier alpha value is -1.09. The van der Waals surface area contributed by atoms with Crippen LogP contribution in [0.25, 0.3) is 11.0 Å². The zero-order valence-corrected chi connectivity index (χ0v) is 12.7. The average molecular weight is 280 g/mol. The van der Waals surface area contributed by atoms with E-state index in [2.05, 4.69) is 35.3 Å². The Balaban J connectivity index is 2.22. The van der Waals surface area contributed by atoms with Gasteiger partial charge in [0.1, 0.15) is 11.3 Å². The summed E-state index contributed by atoms with van der Waals surface area (Å²) in [6.45, 7) is 6.79. The predicted octanol–water partition coefficient (Wildman–Crippen LogP) is 4.56. The van der Waals surface area contributed by atoms with Crippen LogP contribution >= 0.6 is 11.6 Å². The van der Waals surface area contributed by atoms with Crippen LogP contribution in [0.2, 0.25) is 0 Å². The molecule has 0 radical (unpaired) electrons. The van der Waals surface area contributed by atoms with Crippen LogP contribution in [0.4, 0.5) is 0 Å². The van der Waals surface area contributed by atoms with Crippen molar-refractivity contribution in [1.82, 2.24) is 14.5 Å². The smallest absolute Gasteiger partial charge is 0.125 e. The maximum absolute atomic E-state index is 6.03. The van der Waals surface area contributed by atoms with Crippen LogP contribution in [0.1, 0.15) is 51.9 Å². The molecule has 2 aromatic rings. The van der Waals surface area contributed by atoms with Crippen LogP contribution in [0.15, 0.2) is 18.5 Å². The molecule has 0 aliphatic heterocycles. The molecule has 2 rings (SSSR count). The van der Waals surface area contributed by atoms with Crippen molar-refractivity contribution in [2.24, 2.45) is 5.92 Å². The molecule has 0 saturated heterocycles. The molecule has 0 fully saturated rings. The number of pyridine rings is 1. The monoisotopic (exact) mass is 279 g/mol. The lowest BCUT2D eigenvalue weighted by Gasteiger charge is -2.17. The number of hydrogen-bond acceptors (Lipinski definition) is 2. The molecular formula is C15H22ClN3. The van der Waals surface area contributed by atoms with Gasteiger partial charge in [-0.1, -0.05) is 26.7 Å². The Bertz CT molecular complexity index is 533. The normalized spacial score (nSPS) is 13.3. The second kappa shape index (κ2) is 6.38. The summed E-state index contributed by atoms with van der Waals surface area (Å²) in [6, 6.07) is 2.46. The van der Waals surface area contributed by atoms with Crippen molar-refractivity contribution in [2.75, 3.05) is 0 Å². The van der Waals surface area contributed by atoms with Crippen molar-refractivity contribution in [3.05, 3.63) is 24.3 Å². The number of nitrogens with zero attached hydrogens (tertiary/aromatic N) is 3. The van der Waals surface area contributed by atoms with Crippen molar-refractivity contribution in [3.63, 3.8) is 0 Å². The van der Waals surface area contributed by atoms with E-state index in [4.69, 9.17) is 11.6 Å². The van der Waals surface area contributed by atoms with E-state index in [0.29, 0.717) is 11.9 Å². The molecule has 1 atom stereocenters. The van der Waals surface area contributed by atoms with Crippen LogP contribution < -0.4 is 0 Å². The van der Waals surface area contributed by atoms with Crippen LogP contribution in [0.3, 0.4) is 0 Å². The van der Waals surface area contributed by atoms with Gasteiger partial charge in [0, 0.05) is 12.2 Å². The van der Waals surface area contributed by atoms with Gasteiger partial charge < -0.3 is 4.57 Å². The molecule has 4 heteroatoms. The van der Waals surface area contributed by atoms with E-state index in [0.717, 1.165) is 29.2 Å². The number of halogens is 1. The van der Waals surface area contributed by atoms with Crippen LogP contribution in [0.5, 0.6) is 0 Å². The summed E-state index contributed by atoms with van der Waals surface area (Å²) in [5, 5.41) is 0. The second-order valence-corrected chi connectivity index (χ2v) is 5.84. The van der Waals surface area contributed by atoms with Crippen LogP contribution in [0, 0.1) is 5.92 Å². The van der Waals surface area contributed by atoms with Crippen molar-refractivity contribution in [1.29, 1.82) is 0 Å². The summed E-state index contributed by atoms with van der Waals surface area (Å²) in [5.41, 5.74) is 2.08. The number of rotatable bonds is 6. The third-order valence-corrected chi connectivity index (χ3v) is 3.77. The van der Waals surface area contributed by atoms with E-state index >= 15 is 0 Å². The average Bonchev–Trinajstić information content (AvgIpc) is 2.76. The summed E-state index contributed by atoms with van der Waals surface area (Å²) < 4.78 is 2.27. The largest absolute Gasteiger partial charge is 0.324 e. The highest BCUT2D eigenvalue weighted by atomic mass is 35.5. The first kappa shape index (κ1) is 14.3. The number of hydrogen-bond donors (Lipinski definition) is 0. The molecule has 3 nitrogen and oxygen atoms in total. The lowest BCUT2D eigenvalue weighted by atomic mass is 10.0. The Morgan fingerprint density at radius 3 is 2.74 bits per heavy atom. The minimum atomic E-state index is 0.430. The molecule has 19 heavy (non-hydrogen) atoms. The van der Waals surface area contributed by atoms with E-state index in [1.54, 1.807) is 0 Å². The number of aromatic nitrogens is 3. The lowest BCUT2D eigenvalue weighted by molar-refractivity contribution is 0.447. The van der Waals surface area contributed by atoms with Crippen LogP contribution in [-0.2, 0) is 5.88 Å². The lowest BCUT2D eigenvalue weighted by Crippen LogP contribution is -2.09. The minimum Gasteiger partial charge on any atom is -0.324 e. The molecule has 2 aromatic heterocycles. The minimum absolute atomic E-state index is 0.430. The molecule has 0 spiro atoms. The highest BCUT2D eigenvalue weighted by Crippen LogP contribution is 2.25. The topological polar surface area (TPSA) is 30.7 Å². The zero-order chi connectivity index (χ0) is 13.8. The van der Waals surface area contributed by atoms with Crippen molar-refractivity contribution < 1.29 is 0 Å². The maximum Gasteiger partial charge on any atom is 0.125 e. The highest BCUT2D eigenvalue weighted by Gasteiger charge is 2.15. The Labute approximate surface area is 120 Å². The van der Waals surface area contributed by atoms with Gasteiger partial charge in [0.15, 0.2) is 0 Å². The molecule has 0 aliphatic rings. The third-order valence-electron chi connectivity index (χ3n) is 3.53. The van der Waals surface area contributed by atoms with Gasteiger partial charge in [-0.05, 0) is 25.3 Å². The third kappa shape index (κ3) is 3.27. The molecule has 104 valence electrons. The zero-order valence-electron chi connectivity index (χ0n) is 11.9. The van der Waals surface area contributed by atoms with E-state index in [9.17, 15) is 0 Å². The van der Waals surface area contributed by atoms with Crippen molar-refractivity contribution in [3.8, 4) is 0 Å². The van der Waals surface area contributed by atoms with Gasteiger partial charge in [-0.25, -0.2) is 4.98 Å². The van der Waals surface area contributed by atoms with Gasteiger partial charge in [-0.2, -0.15) is 0 Å². The van der Waals surface area contributed by atoms with E-state index in [-0.39, 0.29) is 0 Å². The SMILES string of the molecule is CC(C)CCCC(C)n1c(CCl)nc2cnccc21. The summed E-state index contributed by atoms with van der Waals surface area (Å²) in [6.07, 6.45) is 7.30. The summed E-state index contributed by atoms with van der Waals surface area (Å²) >= 11 is 6.03. The Kier molecular flexibility index (Phi) is 4.81. The van der Waals surface area contributed by atoms with E-state index in [1.807, 2.05) is 18.5 Å². The summed E-state index contributed by atoms with van der Waals surface area (Å²) in [4.78, 5) is 8.69. The highest BCUT2D eigenvalue weighted by molar-refractivity contribution is 6.16. The van der Waals surface area contributed by atoms with Gasteiger partial charge in [0.25, 0.3) is 0 Å². The molecule has 0 aliphatic carbocycles. The fraction of sp³-hybridized carbons (Fsp3) is 0.600. The van der Waals surface area contributed by atoms with E-state index < -0.39 is 0 Å². The number of alkyl halides is 1. The van der Waals surface area contributed by atoms with Gasteiger partial charge in [0.2, 0.25) is 0 Å². The fourth-order valence-electron chi connectivity index (χ4n) is 2.54. The summed E-state index contributed by atoms with van der Waals surface area (Å²) in [7, 11) is 0. The molecule has 0 aromatic carbocycles. The molecule has 0 amide bonds. The number of fused-ring (bicyclic) bond motifs is 1. The van der Waals surface area contributed by atoms with Crippen LogP contribution in [-0.4, -0.2) is 14.5 Å². The van der Waals surface area contributed by atoms with Gasteiger partial charge >= 0.3 is 0 Å². The standard InChI is InChI=1S/C15H22ClN3/c1-11(2)5-4-6-12(3)19-14-7-8-17-10-13(14)18-15(19)9-16/h7-8,10-12H,4-6,9H2,1-3H3. The molecule has 0 bridgehead atoms. The first-order chi connectivity index (χ1) is 9.13. The van der Waals surface area contributed by atoms with Gasteiger partial charge in [0.05, 0.1) is 17.6 Å². The molecule has 2 heterocycles. The quantitative estimate of drug-likeness (QED) is 0.726. The van der Waals surface area contributed by atoms with Gasteiger partial charge in [-0.15, -0.1) is 11.6 Å². The molecule has 0 saturated carbocycles. The Morgan fingerprint density at radius 1 is 1.26 bits per heavy atom. The first-order valence-electron chi connectivity index (χ1n) is 7.00.